The Morgan fingerprint density at radius 2 is 2.17 bits per heavy atom. The molecule has 0 aliphatic heterocycles. The lowest BCUT2D eigenvalue weighted by Gasteiger charge is -2.20. The Kier molecular flexibility index (Phi) is 5.35. The van der Waals surface area contributed by atoms with E-state index in [0.717, 1.165) is 24.2 Å². The highest BCUT2D eigenvalue weighted by Crippen LogP contribution is 2.20. The second kappa shape index (κ2) is 6.78. The van der Waals surface area contributed by atoms with Gasteiger partial charge in [-0.1, -0.05) is 13.8 Å². The Labute approximate surface area is 108 Å². The van der Waals surface area contributed by atoms with Gasteiger partial charge in [-0.2, -0.15) is 0 Å². The number of aromatic nitrogens is 2. The standard InChI is InChI=1S/C12H21N5O/c1-4-6-14-10(18)7-17(3)12-9(5-2)11(13)15-8-16-12/h8H,4-7H2,1-3H3,(H,14,18)(H2,13,15,16). The summed E-state index contributed by atoms with van der Waals surface area (Å²) in [4.78, 5) is 21.6. The Bertz CT molecular complexity index is 407. The summed E-state index contributed by atoms with van der Waals surface area (Å²) in [5.41, 5.74) is 6.68. The molecule has 100 valence electrons. The summed E-state index contributed by atoms with van der Waals surface area (Å²) in [6.45, 7) is 4.97. The van der Waals surface area contributed by atoms with Gasteiger partial charge in [0, 0.05) is 19.2 Å². The second-order valence-electron chi connectivity index (χ2n) is 4.12. The molecule has 1 amide bonds. The molecular weight excluding hydrogens is 230 g/mol. The summed E-state index contributed by atoms with van der Waals surface area (Å²) >= 11 is 0. The maximum absolute atomic E-state index is 11.6. The van der Waals surface area contributed by atoms with Gasteiger partial charge in [0.1, 0.15) is 18.0 Å². The molecule has 1 aromatic rings. The topological polar surface area (TPSA) is 84.1 Å². The van der Waals surface area contributed by atoms with Crippen LogP contribution in [0.5, 0.6) is 0 Å². The monoisotopic (exact) mass is 251 g/mol. The van der Waals surface area contributed by atoms with Crippen molar-refractivity contribution < 1.29 is 4.79 Å². The van der Waals surface area contributed by atoms with E-state index >= 15 is 0 Å². The van der Waals surface area contributed by atoms with E-state index in [1.54, 1.807) is 4.90 Å². The van der Waals surface area contributed by atoms with Crippen LogP contribution in [0.4, 0.5) is 11.6 Å². The van der Waals surface area contributed by atoms with Crippen LogP contribution in [0.2, 0.25) is 0 Å². The largest absolute Gasteiger partial charge is 0.383 e. The molecule has 1 aromatic heterocycles. The van der Waals surface area contributed by atoms with Crippen molar-refractivity contribution >= 4 is 17.5 Å². The number of nitrogen functional groups attached to an aromatic ring is 1. The zero-order chi connectivity index (χ0) is 13.5. The minimum atomic E-state index is -0.0152. The molecule has 0 aliphatic rings. The van der Waals surface area contributed by atoms with Crippen molar-refractivity contribution in [3.63, 3.8) is 0 Å². The van der Waals surface area contributed by atoms with Crippen molar-refractivity contribution in [2.24, 2.45) is 0 Å². The van der Waals surface area contributed by atoms with Gasteiger partial charge >= 0.3 is 0 Å². The second-order valence-corrected chi connectivity index (χ2v) is 4.12. The van der Waals surface area contributed by atoms with Gasteiger partial charge in [0.2, 0.25) is 5.91 Å². The van der Waals surface area contributed by atoms with Gasteiger partial charge < -0.3 is 16.0 Å². The first-order chi connectivity index (χ1) is 8.60. The van der Waals surface area contributed by atoms with E-state index < -0.39 is 0 Å². The number of anilines is 2. The van der Waals surface area contributed by atoms with Crippen LogP contribution in [0.3, 0.4) is 0 Å². The van der Waals surface area contributed by atoms with Crippen LogP contribution in [-0.2, 0) is 11.2 Å². The summed E-state index contributed by atoms with van der Waals surface area (Å²) in [6, 6.07) is 0. The number of hydrogen-bond acceptors (Lipinski definition) is 5. The van der Waals surface area contributed by atoms with Crippen LogP contribution in [-0.4, -0.2) is 36.0 Å². The zero-order valence-electron chi connectivity index (χ0n) is 11.2. The number of amides is 1. The van der Waals surface area contributed by atoms with E-state index in [2.05, 4.69) is 15.3 Å². The first-order valence-corrected chi connectivity index (χ1v) is 6.17. The first kappa shape index (κ1) is 14.2. The minimum absolute atomic E-state index is 0.0152. The van der Waals surface area contributed by atoms with Gasteiger partial charge in [-0.3, -0.25) is 4.79 Å². The summed E-state index contributed by atoms with van der Waals surface area (Å²) in [6.07, 6.45) is 3.09. The predicted molar refractivity (Wildman–Crippen MR) is 72.4 cm³/mol. The highest BCUT2D eigenvalue weighted by Gasteiger charge is 2.13. The fourth-order valence-corrected chi connectivity index (χ4v) is 1.69. The number of carbonyl (C=O) groups excluding carboxylic acids is 1. The number of nitrogens with zero attached hydrogens (tertiary/aromatic N) is 3. The molecule has 3 N–H and O–H groups in total. The Hall–Kier alpha value is -1.85. The van der Waals surface area contributed by atoms with Crippen molar-refractivity contribution in [2.45, 2.75) is 26.7 Å². The van der Waals surface area contributed by atoms with E-state index in [1.807, 2.05) is 20.9 Å². The van der Waals surface area contributed by atoms with E-state index in [9.17, 15) is 4.79 Å². The van der Waals surface area contributed by atoms with Crippen molar-refractivity contribution in [2.75, 3.05) is 30.8 Å². The maximum atomic E-state index is 11.6. The molecule has 18 heavy (non-hydrogen) atoms. The number of nitrogens with two attached hydrogens (primary N) is 1. The molecule has 1 heterocycles. The van der Waals surface area contributed by atoms with Gasteiger partial charge in [-0.25, -0.2) is 9.97 Å². The number of likely N-dealkylation sites (N-methyl/N-ethyl adjacent to an activating group) is 1. The molecule has 0 spiro atoms. The van der Waals surface area contributed by atoms with E-state index in [1.165, 1.54) is 6.33 Å². The number of hydrogen-bond donors (Lipinski definition) is 2. The number of nitrogens with one attached hydrogen (secondary N) is 1. The zero-order valence-corrected chi connectivity index (χ0v) is 11.2. The molecule has 6 nitrogen and oxygen atoms in total. The summed E-state index contributed by atoms with van der Waals surface area (Å²) in [7, 11) is 1.83. The molecule has 0 atom stereocenters. The Morgan fingerprint density at radius 3 is 2.78 bits per heavy atom. The highest BCUT2D eigenvalue weighted by molar-refractivity contribution is 5.81. The lowest BCUT2D eigenvalue weighted by Crippen LogP contribution is -2.36. The predicted octanol–water partition coefficient (Wildman–Crippen LogP) is 0.584. The molecule has 0 saturated carbocycles. The van der Waals surface area contributed by atoms with Crippen LogP contribution in [0, 0.1) is 0 Å². The normalized spacial score (nSPS) is 10.2. The first-order valence-electron chi connectivity index (χ1n) is 6.17. The third-order valence-electron chi connectivity index (χ3n) is 2.62. The van der Waals surface area contributed by atoms with Gasteiger partial charge in [0.15, 0.2) is 0 Å². The Balaban J connectivity index is 2.75. The molecule has 0 unspecified atom stereocenters. The fraction of sp³-hybridized carbons (Fsp3) is 0.583. The number of rotatable bonds is 6. The number of carbonyl (C=O) groups is 1. The van der Waals surface area contributed by atoms with Crippen molar-refractivity contribution in [3.8, 4) is 0 Å². The SMILES string of the molecule is CCCNC(=O)CN(C)c1ncnc(N)c1CC. The molecule has 0 radical (unpaired) electrons. The van der Waals surface area contributed by atoms with Gasteiger partial charge in [-0.15, -0.1) is 0 Å². The maximum Gasteiger partial charge on any atom is 0.239 e. The van der Waals surface area contributed by atoms with E-state index in [-0.39, 0.29) is 12.5 Å². The van der Waals surface area contributed by atoms with Crippen LogP contribution in [0.15, 0.2) is 6.33 Å². The molecule has 6 heteroatoms. The van der Waals surface area contributed by atoms with E-state index in [4.69, 9.17) is 5.73 Å². The lowest BCUT2D eigenvalue weighted by molar-refractivity contribution is -0.119. The third kappa shape index (κ3) is 3.58. The van der Waals surface area contributed by atoms with Gasteiger partial charge in [0.25, 0.3) is 0 Å². The molecule has 1 rings (SSSR count). The molecule has 0 fully saturated rings. The minimum Gasteiger partial charge on any atom is -0.383 e. The molecule has 0 aliphatic carbocycles. The molecule has 0 saturated heterocycles. The third-order valence-corrected chi connectivity index (χ3v) is 2.62. The van der Waals surface area contributed by atoms with Gasteiger partial charge in [0.05, 0.1) is 6.54 Å². The van der Waals surface area contributed by atoms with Crippen LogP contribution in [0.1, 0.15) is 25.8 Å². The van der Waals surface area contributed by atoms with E-state index in [0.29, 0.717) is 12.4 Å². The van der Waals surface area contributed by atoms with Crippen LogP contribution < -0.4 is 16.0 Å². The van der Waals surface area contributed by atoms with Crippen molar-refractivity contribution in [3.05, 3.63) is 11.9 Å². The Morgan fingerprint density at radius 1 is 1.44 bits per heavy atom. The fourth-order valence-electron chi connectivity index (χ4n) is 1.69. The summed E-state index contributed by atoms with van der Waals surface area (Å²) in [5, 5.41) is 2.83. The molecule has 0 bridgehead atoms. The summed E-state index contributed by atoms with van der Waals surface area (Å²) < 4.78 is 0. The lowest BCUT2D eigenvalue weighted by atomic mass is 10.2. The average Bonchev–Trinajstić information content (AvgIpc) is 2.35. The van der Waals surface area contributed by atoms with Crippen molar-refractivity contribution in [1.82, 2.24) is 15.3 Å². The summed E-state index contributed by atoms with van der Waals surface area (Å²) in [5.74, 6) is 1.18. The molecule has 0 aromatic carbocycles. The smallest absolute Gasteiger partial charge is 0.239 e. The molecular formula is C12H21N5O. The van der Waals surface area contributed by atoms with Gasteiger partial charge in [-0.05, 0) is 12.8 Å². The quantitative estimate of drug-likeness (QED) is 0.772. The highest BCUT2D eigenvalue weighted by atomic mass is 16.2. The van der Waals surface area contributed by atoms with Crippen molar-refractivity contribution in [1.29, 1.82) is 0 Å². The van der Waals surface area contributed by atoms with Crippen LogP contribution in [0.25, 0.3) is 0 Å². The average molecular weight is 251 g/mol. The van der Waals surface area contributed by atoms with Crippen LogP contribution >= 0.6 is 0 Å².